The molecule has 0 unspecified atom stereocenters. The third kappa shape index (κ3) is 1.96. The summed E-state index contributed by atoms with van der Waals surface area (Å²) in [4.78, 5) is 29.3. The van der Waals surface area contributed by atoms with Crippen molar-refractivity contribution in [2.45, 2.75) is 19.4 Å². The second-order valence-corrected chi connectivity index (χ2v) is 6.01. The summed E-state index contributed by atoms with van der Waals surface area (Å²) >= 11 is 0. The van der Waals surface area contributed by atoms with Crippen LogP contribution < -0.4 is 16.2 Å². The van der Waals surface area contributed by atoms with Gasteiger partial charge in [-0.25, -0.2) is 9.97 Å². The van der Waals surface area contributed by atoms with Crippen LogP contribution in [-0.2, 0) is 0 Å². The molecule has 1 aromatic carbocycles. The second kappa shape index (κ2) is 4.60. The Morgan fingerprint density at radius 1 is 1.12 bits per heavy atom. The van der Waals surface area contributed by atoms with Crippen LogP contribution in [-0.4, -0.2) is 31.3 Å². The zero-order valence-electron chi connectivity index (χ0n) is 13.1. The third-order valence-corrected chi connectivity index (χ3v) is 3.89. The highest BCUT2D eigenvalue weighted by Crippen LogP contribution is 2.40. The van der Waals surface area contributed by atoms with Gasteiger partial charge in [0.2, 0.25) is 11.7 Å². The summed E-state index contributed by atoms with van der Waals surface area (Å²) in [7, 11) is 0. The molecule has 3 aromatic rings. The predicted molar refractivity (Wildman–Crippen MR) is 88.4 cm³/mol. The number of nitrogens with zero attached hydrogens (tertiary/aromatic N) is 4. The van der Waals surface area contributed by atoms with E-state index in [2.05, 4.69) is 19.9 Å². The molecule has 0 radical (unpaired) electrons. The molecule has 0 saturated carbocycles. The minimum Gasteiger partial charge on any atom is -0.479 e. The van der Waals surface area contributed by atoms with E-state index in [1.54, 1.807) is 32.0 Å². The highest BCUT2D eigenvalue weighted by molar-refractivity contribution is 6.11. The van der Waals surface area contributed by atoms with Gasteiger partial charge in [-0.1, -0.05) is 12.1 Å². The van der Waals surface area contributed by atoms with E-state index in [4.69, 9.17) is 16.2 Å². The molecule has 1 aliphatic rings. The van der Waals surface area contributed by atoms with Gasteiger partial charge in [-0.05, 0) is 19.9 Å². The van der Waals surface area contributed by atoms with Gasteiger partial charge in [0.05, 0.1) is 17.5 Å². The SMILES string of the molecule is CC1(C)Oc2cccc(-c3cnc4nc(N)nc(N)c4n3)c2C1=O. The van der Waals surface area contributed by atoms with Crippen molar-refractivity contribution < 1.29 is 9.53 Å². The summed E-state index contributed by atoms with van der Waals surface area (Å²) < 4.78 is 5.73. The first-order valence-corrected chi connectivity index (χ1v) is 7.30. The topological polar surface area (TPSA) is 130 Å². The number of carbonyl (C=O) groups is 1. The molecule has 2 aromatic heterocycles. The monoisotopic (exact) mass is 322 g/mol. The van der Waals surface area contributed by atoms with Crippen molar-refractivity contribution in [2.24, 2.45) is 0 Å². The van der Waals surface area contributed by atoms with E-state index in [1.807, 2.05) is 0 Å². The Bertz CT molecular complexity index is 1010. The number of hydrogen-bond acceptors (Lipinski definition) is 8. The van der Waals surface area contributed by atoms with Gasteiger partial charge in [0.1, 0.15) is 5.75 Å². The van der Waals surface area contributed by atoms with Crippen molar-refractivity contribution in [3.05, 3.63) is 30.0 Å². The van der Waals surface area contributed by atoms with E-state index < -0.39 is 5.60 Å². The van der Waals surface area contributed by atoms with Crippen LogP contribution in [0.3, 0.4) is 0 Å². The lowest BCUT2D eigenvalue weighted by atomic mass is 9.94. The smallest absolute Gasteiger partial charge is 0.224 e. The van der Waals surface area contributed by atoms with E-state index >= 15 is 0 Å². The fourth-order valence-electron chi connectivity index (χ4n) is 2.76. The lowest BCUT2D eigenvalue weighted by Gasteiger charge is -2.14. The molecule has 0 saturated heterocycles. The second-order valence-electron chi connectivity index (χ2n) is 6.01. The molecule has 1 aliphatic heterocycles. The summed E-state index contributed by atoms with van der Waals surface area (Å²) in [5, 5.41) is 0. The van der Waals surface area contributed by atoms with Gasteiger partial charge < -0.3 is 16.2 Å². The summed E-state index contributed by atoms with van der Waals surface area (Å²) in [5.41, 5.74) is 12.8. The van der Waals surface area contributed by atoms with E-state index in [1.165, 1.54) is 6.20 Å². The molecule has 0 amide bonds. The van der Waals surface area contributed by atoms with Crippen molar-refractivity contribution in [3.8, 4) is 17.0 Å². The molecule has 0 spiro atoms. The molecule has 4 N–H and O–H groups in total. The van der Waals surface area contributed by atoms with Gasteiger partial charge in [-0.3, -0.25) is 4.79 Å². The largest absolute Gasteiger partial charge is 0.479 e. The Labute approximate surface area is 136 Å². The lowest BCUT2D eigenvalue weighted by molar-refractivity contribution is 0.0684. The average Bonchev–Trinajstić information content (AvgIpc) is 2.76. The number of fused-ring (bicyclic) bond motifs is 2. The first-order valence-electron chi connectivity index (χ1n) is 7.30. The van der Waals surface area contributed by atoms with Crippen molar-refractivity contribution in [1.29, 1.82) is 0 Å². The normalized spacial score (nSPS) is 15.3. The van der Waals surface area contributed by atoms with Crippen LogP contribution in [0.5, 0.6) is 5.75 Å². The molecule has 0 fully saturated rings. The van der Waals surface area contributed by atoms with Crippen molar-refractivity contribution in [3.63, 3.8) is 0 Å². The molecule has 0 bridgehead atoms. The van der Waals surface area contributed by atoms with Gasteiger partial charge in [-0.15, -0.1) is 0 Å². The van der Waals surface area contributed by atoms with Crippen molar-refractivity contribution in [1.82, 2.24) is 19.9 Å². The molecule has 0 aliphatic carbocycles. The van der Waals surface area contributed by atoms with Crippen LogP contribution in [0.25, 0.3) is 22.4 Å². The van der Waals surface area contributed by atoms with Gasteiger partial charge >= 0.3 is 0 Å². The molecule has 24 heavy (non-hydrogen) atoms. The van der Waals surface area contributed by atoms with Gasteiger partial charge in [0, 0.05) is 5.56 Å². The number of ether oxygens (including phenoxy) is 1. The number of ketones is 1. The number of aromatic nitrogens is 4. The first kappa shape index (κ1) is 14.3. The van der Waals surface area contributed by atoms with Gasteiger partial charge in [0.25, 0.3) is 0 Å². The number of Topliss-reactive ketones (excluding diaryl/α,β-unsaturated/α-hetero) is 1. The summed E-state index contributed by atoms with van der Waals surface area (Å²) in [5.74, 6) is 0.609. The van der Waals surface area contributed by atoms with Crippen LogP contribution in [0.15, 0.2) is 24.4 Å². The Morgan fingerprint density at radius 2 is 1.92 bits per heavy atom. The molecule has 8 nitrogen and oxygen atoms in total. The molecule has 8 heteroatoms. The summed E-state index contributed by atoms with van der Waals surface area (Å²) in [6, 6.07) is 5.36. The van der Waals surface area contributed by atoms with Gasteiger partial charge in [-0.2, -0.15) is 9.97 Å². The third-order valence-electron chi connectivity index (χ3n) is 3.89. The number of rotatable bonds is 1. The van der Waals surface area contributed by atoms with Crippen molar-refractivity contribution >= 4 is 28.7 Å². The molecule has 3 heterocycles. The van der Waals surface area contributed by atoms with Crippen LogP contribution in [0, 0.1) is 0 Å². The number of nitrogen functional groups attached to an aromatic ring is 2. The number of carbonyl (C=O) groups excluding carboxylic acids is 1. The van der Waals surface area contributed by atoms with Gasteiger partial charge in [0.15, 0.2) is 22.6 Å². The Kier molecular flexibility index (Phi) is 2.75. The summed E-state index contributed by atoms with van der Waals surface area (Å²) in [6.07, 6.45) is 1.53. The van der Waals surface area contributed by atoms with Crippen LogP contribution in [0.1, 0.15) is 24.2 Å². The minimum absolute atomic E-state index is 0.0352. The molecule has 120 valence electrons. The Balaban J connectivity index is 1.95. The van der Waals surface area contributed by atoms with Crippen LogP contribution in [0.2, 0.25) is 0 Å². The van der Waals surface area contributed by atoms with E-state index in [9.17, 15) is 4.79 Å². The Hall–Kier alpha value is -3.29. The highest BCUT2D eigenvalue weighted by atomic mass is 16.5. The fraction of sp³-hybridized carbons (Fsp3) is 0.188. The number of benzene rings is 1. The first-order chi connectivity index (χ1) is 11.4. The fourth-order valence-corrected chi connectivity index (χ4v) is 2.76. The standard InChI is InChI=1S/C16H14N6O2/c1-16(2)12(23)10-7(4-3-5-9(10)24-16)8-6-19-14-11(20-8)13(17)21-15(18)22-14/h3-6H,1-2H3,(H4,17,18,19,21,22). The highest BCUT2D eigenvalue weighted by Gasteiger charge is 2.41. The number of hydrogen-bond donors (Lipinski definition) is 2. The summed E-state index contributed by atoms with van der Waals surface area (Å²) in [6.45, 7) is 3.47. The molecular weight excluding hydrogens is 308 g/mol. The maximum Gasteiger partial charge on any atom is 0.224 e. The maximum atomic E-state index is 12.6. The number of anilines is 2. The molecule has 4 rings (SSSR count). The predicted octanol–water partition coefficient (Wildman–Crippen LogP) is 1.60. The van der Waals surface area contributed by atoms with Crippen LogP contribution in [0.4, 0.5) is 11.8 Å². The van der Waals surface area contributed by atoms with Crippen LogP contribution >= 0.6 is 0 Å². The lowest BCUT2D eigenvalue weighted by Crippen LogP contribution is -2.32. The zero-order chi connectivity index (χ0) is 17.1. The quantitative estimate of drug-likeness (QED) is 0.691. The van der Waals surface area contributed by atoms with E-state index in [0.717, 1.165) is 0 Å². The molecule has 0 atom stereocenters. The van der Waals surface area contributed by atoms with E-state index in [-0.39, 0.29) is 17.5 Å². The zero-order valence-corrected chi connectivity index (χ0v) is 13.1. The van der Waals surface area contributed by atoms with Crippen molar-refractivity contribution in [2.75, 3.05) is 11.5 Å². The number of nitrogens with two attached hydrogens (primary N) is 2. The maximum absolute atomic E-state index is 12.6. The van der Waals surface area contributed by atoms with E-state index in [0.29, 0.717) is 33.7 Å². The molecular formula is C16H14N6O2. The minimum atomic E-state index is -0.903. The average molecular weight is 322 g/mol. The Morgan fingerprint density at radius 3 is 2.71 bits per heavy atom.